The highest BCUT2D eigenvalue weighted by Gasteiger charge is 2.26. The van der Waals surface area contributed by atoms with Gasteiger partial charge in [-0.05, 0) is 31.2 Å². The molecule has 0 amide bonds. The van der Waals surface area contributed by atoms with E-state index in [1.165, 1.54) is 19.5 Å². The van der Waals surface area contributed by atoms with Gasteiger partial charge in [0.25, 0.3) is 0 Å². The first-order valence-electron chi connectivity index (χ1n) is 6.11. The van der Waals surface area contributed by atoms with E-state index in [0.29, 0.717) is 11.9 Å². The van der Waals surface area contributed by atoms with E-state index in [4.69, 9.17) is 11.1 Å². The van der Waals surface area contributed by atoms with Crippen molar-refractivity contribution in [1.82, 2.24) is 4.90 Å². The third kappa shape index (κ3) is 3.49. The molecule has 3 nitrogen and oxygen atoms in total. The summed E-state index contributed by atoms with van der Waals surface area (Å²) in [4.78, 5) is 2.52. The van der Waals surface area contributed by atoms with Gasteiger partial charge in [0, 0.05) is 19.0 Å². The smallest absolute Gasteiger partial charge is 0.0921 e. The van der Waals surface area contributed by atoms with Gasteiger partial charge in [0.05, 0.1) is 5.84 Å². The molecule has 3 heteroatoms. The fourth-order valence-electron chi connectivity index (χ4n) is 2.41. The van der Waals surface area contributed by atoms with Crippen LogP contribution in [-0.2, 0) is 0 Å². The van der Waals surface area contributed by atoms with Crippen LogP contribution >= 0.6 is 0 Å². The third-order valence-corrected chi connectivity index (χ3v) is 3.81. The highest BCUT2D eigenvalue weighted by atomic mass is 15.2. The van der Waals surface area contributed by atoms with Gasteiger partial charge in [0.2, 0.25) is 0 Å². The largest absolute Gasteiger partial charge is 0.388 e. The number of nitrogens with zero attached hydrogens (tertiary/aromatic N) is 1. The number of hydrogen-bond donors (Lipinski definition) is 2. The first kappa shape index (κ1) is 12.5. The van der Waals surface area contributed by atoms with Crippen LogP contribution in [0.2, 0.25) is 0 Å². The number of piperidine rings is 1. The summed E-state index contributed by atoms with van der Waals surface area (Å²) in [5.41, 5.74) is 5.49. The lowest BCUT2D eigenvalue weighted by Crippen LogP contribution is -2.45. The maximum Gasteiger partial charge on any atom is 0.0921 e. The zero-order chi connectivity index (χ0) is 11.4. The lowest BCUT2D eigenvalue weighted by Gasteiger charge is -2.39. The zero-order valence-corrected chi connectivity index (χ0v) is 10.3. The number of rotatable bonds is 4. The van der Waals surface area contributed by atoms with Crippen LogP contribution in [0.15, 0.2) is 0 Å². The average Bonchev–Trinajstić information content (AvgIpc) is 2.18. The molecule has 0 aromatic carbocycles. The second-order valence-electron chi connectivity index (χ2n) is 5.03. The molecule has 15 heavy (non-hydrogen) atoms. The summed E-state index contributed by atoms with van der Waals surface area (Å²) in [7, 11) is 0. The monoisotopic (exact) mass is 211 g/mol. The summed E-state index contributed by atoms with van der Waals surface area (Å²) in [6.07, 6.45) is 3.12. The molecule has 1 aliphatic rings. The SMILES string of the molecule is CCC(CC(=N)N)N1CCC(C)C(C)C1. The topological polar surface area (TPSA) is 53.1 Å². The molecule has 0 aliphatic carbocycles. The fourth-order valence-corrected chi connectivity index (χ4v) is 2.41. The van der Waals surface area contributed by atoms with Crippen LogP contribution < -0.4 is 5.73 Å². The Labute approximate surface area is 93.5 Å². The van der Waals surface area contributed by atoms with Crippen molar-refractivity contribution in [2.24, 2.45) is 17.6 Å². The summed E-state index contributed by atoms with van der Waals surface area (Å²) in [5, 5.41) is 7.39. The molecule has 0 spiro atoms. The molecule has 0 bridgehead atoms. The Bertz CT molecular complexity index is 215. The van der Waals surface area contributed by atoms with E-state index in [0.717, 1.165) is 24.7 Å². The van der Waals surface area contributed by atoms with Crippen LogP contribution in [-0.4, -0.2) is 29.9 Å². The molecular weight excluding hydrogens is 186 g/mol. The molecule has 1 heterocycles. The maximum atomic E-state index is 7.39. The van der Waals surface area contributed by atoms with Crippen molar-refractivity contribution in [3.8, 4) is 0 Å². The normalized spacial score (nSPS) is 30.1. The van der Waals surface area contributed by atoms with Crippen molar-refractivity contribution >= 4 is 5.84 Å². The highest BCUT2D eigenvalue weighted by Crippen LogP contribution is 2.25. The first-order valence-corrected chi connectivity index (χ1v) is 6.11. The molecule has 1 aliphatic heterocycles. The minimum Gasteiger partial charge on any atom is -0.388 e. The summed E-state index contributed by atoms with van der Waals surface area (Å²) in [6, 6.07) is 0.484. The van der Waals surface area contributed by atoms with Gasteiger partial charge < -0.3 is 5.73 Å². The lowest BCUT2D eigenvalue weighted by molar-refractivity contribution is 0.0958. The molecule has 3 atom stereocenters. The van der Waals surface area contributed by atoms with Crippen molar-refractivity contribution in [2.45, 2.75) is 46.1 Å². The van der Waals surface area contributed by atoms with Crippen LogP contribution in [0.25, 0.3) is 0 Å². The summed E-state index contributed by atoms with van der Waals surface area (Å²) in [5.74, 6) is 1.95. The van der Waals surface area contributed by atoms with E-state index >= 15 is 0 Å². The minimum absolute atomic E-state index is 0.327. The summed E-state index contributed by atoms with van der Waals surface area (Å²) in [6.45, 7) is 9.21. The predicted octanol–water partition coefficient (Wildman–Crippen LogP) is 2.07. The Morgan fingerprint density at radius 1 is 1.47 bits per heavy atom. The molecule has 3 unspecified atom stereocenters. The van der Waals surface area contributed by atoms with Crippen molar-refractivity contribution < 1.29 is 0 Å². The number of likely N-dealkylation sites (tertiary alicyclic amines) is 1. The van der Waals surface area contributed by atoms with Crippen LogP contribution in [0.5, 0.6) is 0 Å². The number of nitrogens with one attached hydrogen (secondary N) is 1. The van der Waals surface area contributed by atoms with Gasteiger partial charge in [-0.1, -0.05) is 20.8 Å². The van der Waals surface area contributed by atoms with Gasteiger partial charge in [-0.3, -0.25) is 10.3 Å². The molecule has 1 fully saturated rings. The van der Waals surface area contributed by atoms with Crippen LogP contribution in [0.1, 0.15) is 40.0 Å². The van der Waals surface area contributed by atoms with Gasteiger partial charge >= 0.3 is 0 Å². The Hall–Kier alpha value is -0.570. The van der Waals surface area contributed by atoms with Gasteiger partial charge in [-0.15, -0.1) is 0 Å². The predicted molar refractivity (Wildman–Crippen MR) is 65.1 cm³/mol. The van der Waals surface area contributed by atoms with Gasteiger partial charge in [0.15, 0.2) is 0 Å². The molecule has 3 N–H and O–H groups in total. The molecule has 0 aromatic rings. The zero-order valence-electron chi connectivity index (χ0n) is 10.3. The molecule has 0 aromatic heterocycles. The van der Waals surface area contributed by atoms with E-state index in [2.05, 4.69) is 25.7 Å². The molecule has 0 saturated carbocycles. The van der Waals surface area contributed by atoms with Gasteiger partial charge in [0.1, 0.15) is 0 Å². The quantitative estimate of drug-likeness (QED) is 0.552. The Balaban J connectivity index is 2.50. The standard InChI is InChI=1S/C12H25N3/c1-4-11(7-12(13)14)15-6-5-9(2)10(3)8-15/h9-11H,4-8H2,1-3H3,(H3,13,14). The van der Waals surface area contributed by atoms with E-state index in [1.54, 1.807) is 0 Å². The van der Waals surface area contributed by atoms with Crippen molar-refractivity contribution in [3.63, 3.8) is 0 Å². The van der Waals surface area contributed by atoms with Gasteiger partial charge in [-0.2, -0.15) is 0 Å². The van der Waals surface area contributed by atoms with Crippen molar-refractivity contribution in [2.75, 3.05) is 13.1 Å². The average molecular weight is 211 g/mol. The van der Waals surface area contributed by atoms with E-state index in [1.807, 2.05) is 0 Å². The van der Waals surface area contributed by atoms with E-state index < -0.39 is 0 Å². The van der Waals surface area contributed by atoms with Crippen molar-refractivity contribution in [3.05, 3.63) is 0 Å². The second-order valence-corrected chi connectivity index (χ2v) is 5.03. The highest BCUT2D eigenvalue weighted by molar-refractivity contribution is 5.77. The molecule has 88 valence electrons. The van der Waals surface area contributed by atoms with Crippen LogP contribution in [0, 0.1) is 17.2 Å². The Kier molecular flexibility index (Phi) is 4.58. The second kappa shape index (κ2) is 5.50. The minimum atomic E-state index is 0.327. The van der Waals surface area contributed by atoms with E-state index in [9.17, 15) is 0 Å². The lowest BCUT2D eigenvalue weighted by atomic mass is 9.87. The van der Waals surface area contributed by atoms with Crippen molar-refractivity contribution in [1.29, 1.82) is 5.41 Å². The first-order chi connectivity index (χ1) is 7.04. The molecular formula is C12H25N3. The maximum absolute atomic E-state index is 7.39. The number of hydrogen-bond acceptors (Lipinski definition) is 2. The molecule has 1 rings (SSSR count). The van der Waals surface area contributed by atoms with Crippen LogP contribution in [0.3, 0.4) is 0 Å². The third-order valence-electron chi connectivity index (χ3n) is 3.81. The number of nitrogens with two attached hydrogens (primary N) is 1. The number of amidine groups is 1. The fraction of sp³-hybridized carbons (Fsp3) is 0.917. The molecule has 1 saturated heterocycles. The van der Waals surface area contributed by atoms with E-state index in [-0.39, 0.29) is 0 Å². The van der Waals surface area contributed by atoms with Gasteiger partial charge in [-0.25, -0.2) is 0 Å². The Morgan fingerprint density at radius 2 is 2.13 bits per heavy atom. The van der Waals surface area contributed by atoms with Crippen LogP contribution in [0.4, 0.5) is 0 Å². The molecule has 0 radical (unpaired) electrons. The summed E-state index contributed by atoms with van der Waals surface area (Å²) < 4.78 is 0. The Morgan fingerprint density at radius 3 is 2.60 bits per heavy atom. The summed E-state index contributed by atoms with van der Waals surface area (Å²) >= 11 is 0.